The molecule has 0 amide bonds. The first-order valence-electron chi connectivity index (χ1n) is 28.8. The van der Waals surface area contributed by atoms with Crippen molar-refractivity contribution in [3.63, 3.8) is 0 Å². The van der Waals surface area contributed by atoms with Crippen molar-refractivity contribution in [2.45, 2.75) is 187 Å². The number of ether oxygens (including phenoxy) is 2. The second kappa shape index (κ2) is 55.1. The molecule has 10 heteroatoms. The zero-order valence-electron chi connectivity index (χ0n) is 48.1. The molecule has 2 unspecified atom stereocenters. The molecule has 76 heavy (non-hydrogen) atoms. The van der Waals surface area contributed by atoms with Crippen LogP contribution in [-0.2, 0) is 32.7 Å². The van der Waals surface area contributed by atoms with E-state index >= 15 is 0 Å². The van der Waals surface area contributed by atoms with Crippen LogP contribution >= 0.6 is 7.82 Å². The molecule has 0 aliphatic rings. The number of phosphoric ester groups is 1. The number of nitrogens with zero attached hydrogens (tertiary/aromatic N) is 1. The van der Waals surface area contributed by atoms with Crippen LogP contribution in [0.5, 0.6) is 0 Å². The molecule has 0 aliphatic heterocycles. The Labute approximate surface area is 464 Å². The number of quaternary nitrogens is 1. The van der Waals surface area contributed by atoms with E-state index in [1.165, 1.54) is 0 Å². The summed E-state index contributed by atoms with van der Waals surface area (Å²) in [4.78, 5) is 37.8. The van der Waals surface area contributed by atoms with Gasteiger partial charge in [0, 0.05) is 12.8 Å². The molecule has 0 saturated carbocycles. The number of allylic oxidation sites excluding steroid dienone is 28. The Bertz CT molecular complexity index is 1880. The lowest BCUT2D eigenvalue weighted by atomic mass is 10.1. The highest BCUT2D eigenvalue weighted by atomic mass is 31.2. The Hall–Kier alpha value is -4.63. The molecule has 0 rings (SSSR count). The normalized spacial score (nSPS) is 14.6. The van der Waals surface area contributed by atoms with Gasteiger partial charge in [-0.2, -0.15) is 0 Å². The molecule has 0 aromatic heterocycles. The number of unbranched alkanes of at least 4 members (excludes halogenated alkanes) is 8. The molecular formula is C66H104NO8P. The predicted octanol–water partition coefficient (Wildman–Crippen LogP) is 17.6. The number of carbonyl (C=O) groups excluding carboxylic acids is 2. The van der Waals surface area contributed by atoms with E-state index in [-0.39, 0.29) is 26.1 Å². The van der Waals surface area contributed by atoms with Gasteiger partial charge in [0.25, 0.3) is 7.82 Å². The molecule has 0 aromatic rings. The summed E-state index contributed by atoms with van der Waals surface area (Å²) in [5.41, 5.74) is 0. The van der Waals surface area contributed by atoms with Crippen molar-refractivity contribution in [1.29, 1.82) is 0 Å². The Kier molecular flexibility index (Phi) is 51.8. The molecule has 9 nitrogen and oxygen atoms in total. The lowest BCUT2D eigenvalue weighted by Crippen LogP contribution is -2.37. The summed E-state index contributed by atoms with van der Waals surface area (Å²) in [6, 6.07) is 0. The average molecular weight is 1070 g/mol. The van der Waals surface area contributed by atoms with Gasteiger partial charge >= 0.3 is 11.9 Å². The van der Waals surface area contributed by atoms with Crippen molar-refractivity contribution in [1.82, 2.24) is 0 Å². The van der Waals surface area contributed by atoms with Crippen LogP contribution in [0.25, 0.3) is 0 Å². The number of hydrogen-bond acceptors (Lipinski definition) is 8. The van der Waals surface area contributed by atoms with E-state index in [1.807, 2.05) is 21.1 Å². The Morgan fingerprint density at radius 1 is 0.408 bits per heavy atom. The van der Waals surface area contributed by atoms with E-state index in [0.29, 0.717) is 23.9 Å². The van der Waals surface area contributed by atoms with Gasteiger partial charge < -0.3 is 27.9 Å². The third kappa shape index (κ3) is 58.6. The molecule has 0 spiro atoms. The quantitative estimate of drug-likeness (QED) is 0.0195. The second-order valence-corrected chi connectivity index (χ2v) is 20.9. The second-order valence-electron chi connectivity index (χ2n) is 19.5. The van der Waals surface area contributed by atoms with Gasteiger partial charge in [-0.1, -0.05) is 210 Å². The third-order valence-corrected chi connectivity index (χ3v) is 12.2. The maximum absolute atomic E-state index is 12.8. The molecule has 0 heterocycles. The monoisotopic (exact) mass is 1070 g/mol. The van der Waals surface area contributed by atoms with Gasteiger partial charge in [0.2, 0.25) is 0 Å². The molecule has 0 saturated heterocycles. The molecule has 2 atom stereocenters. The van der Waals surface area contributed by atoms with Crippen molar-refractivity contribution in [3.8, 4) is 0 Å². The molecule has 0 fully saturated rings. The number of esters is 2. The van der Waals surface area contributed by atoms with Gasteiger partial charge in [0.15, 0.2) is 6.10 Å². The fraction of sp³-hybridized carbons (Fsp3) is 0.545. The average Bonchev–Trinajstić information content (AvgIpc) is 3.38. The van der Waals surface area contributed by atoms with Crippen LogP contribution in [0, 0.1) is 0 Å². The number of phosphoric acid groups is 1. The topological polar surface area (TPSA) is 111 Å². The van der Waals surface area contributed by atoms with Crippen LogP contribution in [-0.4, -0.2) is 70.0 Å². The number of hydrogen-bond donors (Lipinski definition) is 0. The van der Waals surface area contributed by atoms with Gasteiger partial charge in [-0.25, -0.2) is 0 Å². The highest BCUT2D eigenvalue weighted by Gasteiger charge is 2.21. The summed E-state index contributed by atoms with van der Waals surface area (Å²) in [5, 5.41) is 0. The van der Waals surface area contributed by atoms with Crippen LogP contribution in [0.4, 0.5) is 0 Å². The highest BCUT2D eigenvalue weighted by Crippen LogP contribution is 2.38. The van der Waals surface area contributed by atoms with Crippen LogP contribution in [0.3, 0.4) is 0 Å². The fourth-order valence-corrected chi connectivity index (χ4v) is 7.58. The molecule has 0 aromatic carbocycles. The minimum Gasteiger partial charge on any atom is -0.756 e. The smallest absolute Gasteiger partial charge is 0.306 e. The third-order valence-electron chi connectivity index (χ3n) is 11.2. The van der Waals surface area contributed by atoms with E-state index in [9.17, 15) is 19.0 Å². The standard InChI is InChI=1S/C66H104NO8P/c1-6-8-10-12-14-16-18-20-22-24-26-27-28-29-30-31-32-33-34-35-36-37-38-39-41-43-45-47-49-51-53-55-57-59-66(69)75-64(63-74-76(70,71)73-61-60-67(3,4)5)62-72-65(68)58-56-54-52-50-48-46-44-42-40-25-23-21-19-17-15-13-11-9-7-2/h8-11,14-17,20-23,26-27,29-30,32-33,35-36,38-40,42-43,45-46,48,64H,6-7,12-13,18-19,24-25,28,31,34,37,41,44,47,49-63H2,1-5H3/b10-8-,11-9-,16-14-,17-15-,22-20-,23-21-,27-26-,30-29-,33-32-,36-35-,39-38-,42-40-,45-43-,48-46-. The molecule has 0 radical (unpaired) electrons. The van der Waals surface area contributed by atoms with Crippen LogP contribution in [0.1, 0.15) is 181 Å². The molecular weight excluding hydrogens is 966 g/mol. The van der Waals surface area contributed by atoms with Crippen molar-refractivity contribution in [3.05, 3.63) is 170 Å². The first kappa shape index (κ1) is 71.4. The van der Waals surface area contributed by atoms with Crippen LogP contribution in [0.15, 0.2) is 170 Å². The van der Waals surface area contributed by atoms with Crippen molar-refractivity contribution in [2.75, 3.05) is 47.5 Å². The van der Waals surface area contributed by atoms with E-state index in [0.717, 1.165) is 141 Å². The van der Waals surface area contributed by atoms with E-state index in [4.69, 9.17) is 18.5 Å². The maximum Gasteiger partial charge on any atom is 0.306 e. The van der Waals surface area contributed by atoms with Gasteiger partial charge in [0.05, 0.1) is 27.7 Å². The summed E-state index contributed by atoms with van der Waals surface area (Å²) in [5.74, 6) is -0.911. The van der Waals surface area contributed by atoms with Crippen LogP contribution in [0.2, 0.25) is 0 Å². The van der Waals surface area contributed by atoms with Crippen molar-refractivity contribution in [2.24, 2.45) is 0 Å². The predicted molar refractivity (Wildman–Crippen MR) is 323 cm³/mol. The van der Waals surface area contributed by atoms with Gasteiger partial charge in [0.1, 0.15) is 19.8 Å². The number of rotatable bonds is 50. The van der Waals surface area contributed by atoms with Crippen molar-refractivity contribution < 1.29 is 42.1 Å². The van der Waals surface area contributed by atoms with Gasteiger partial charge in [-0.15, -0.1) is 0 Å². The SMILES string of the molecule is CC/C=C\C/C=C\C/C=C\C/C=C\C/C=C\C/C=C\C/C=C\C/C=C\C/C=C\CCCCCCCC(=O)OC(COC(=O)CCCCC/C=C\C/C=C\C/C=C\C/C=C\C/C=C\CC)COP(=O)([O-])OCC[N+](C)(C)C. The largest absolute Gasteiger partial charge is 0.756 e. The lowest BCUT2D eigenvalue weighted by molar-refractivity contribution is -0.870. The minimum atomic E-state index is -4.66. The molecule has 0 bridgehead atoms. The summed E-state index contributed by atoms with van der Waals surface area (Å²) in [7, 11) is 1.10. The first-order valence-corrected chi connectivity index (χ1v) is 30.3. The summed E-state index contributed by atoms with van der Waals surface area (Å²) in [6.45, 7) is 3.91. The minimum absolute atomic E-state index is 0.0514. The first-order chi connectivity index (χ1) is 37.0. The zero-order chi connectivity index (χ0) is 55.6. The molecule has 0 N–H and O–H groups in total. The van der Waals surface area contributed by atoms with E-state index in [2.05, 4.69) is 184 Å². The summed E-state index contributed by atoms with van der Waals surface area (Å²) in [6.07, 6.45) is 84.0. The lowest BCUT2D eigenvalue weighted by Gasteiger charge is -2.28. The van der Waals surface area contributed by atoms with Gasteiger partial charge in [-0.05, 0) is 128 Å². The fourth-order valence-electron chi connectivity index (χ4n) is 6.85. The Balaban J connectivity index is 4.32. The summed E-state index contributed by atoms with van der Waals surface area (Å²) < 4.78 is 34.1. The summed E-state index contributed by atoms with van der Waals surface area (Å²) >= 11 is 0. The Morgan fingerprint density at radius 2 is 0.711 bits per heavy atom. The Morgan fingerprint density at radius 3 is 1.07 bits per heavy atom. The molecule has 0 aliphatic carbocycles. The molecule has 426 valence electrons. The van der Waals surface area contributed by atoms with E-state index in [1.54, 1.807) is 0 Å². The maximum atomic E-state index is 12.8. The van der Waals surface area contributed by atoms with Gasteiger partial charge in [-0.3, -0.25) is 14.2 Å². The number of likely N-dealkylation sites (N-methyl/N-ethyl adjacent to an activating group) is 1. The number of carbonyl (C=O) groups is 2. The highest BCUT2D eigenvalue weighted by molar-refractivity contribution is 7.45. The zero-order valence-corrected chi connectivity index (χ0v) is 49.0. The van der Waals surface area contributed by atoms with E-state index < -0.39 is 32.5 Å². The van der Waals surface area contributed by atoms with Crippen LogP contribution < -0.4 is 4.89 Å². The van der Waals surface area contributed by atoms with Crippen molar-refractivity contribution >= 4 is 19.8 Å².